The second kappa shape index (κ2) is 8.45. The topological polar surface area (TPSA) is 41.6 Å². The van der Waals surface area contributed by atoms with Crippen LogP contribution in [0.5, 0.6) is 5.75 Å². The summed E-state index contributed by atoms with van der Waals surface area (Å²) >= 11 is 0. The van der Waals surface area contributed by atoms with Crippen LogP contribution in [0.3, 0.4) is 0 Å². The first-order chi connectivity index (χ1) is 11.5. The molecule has 5 heteroatoms. The maximum atomic E-state index is 13.7. The molecule has 4 nitrogen and oxygen atoms in total. The number of methoxy groups -OCH3 is 1. The van der Waals surface area contributed by atoms with E-state index in [4.69, 9.17) is 4.74 Å². The molecule has 128 valence electrons. The Bertz CT molecular complexity index is 686. The van der Waals surface area contributed by atoms with Crippen molar-refractivity contribution in [1.82, 2.24) is 10.2 Å². The monoisotopic (exact) mass is 330 g/mol. The molecule has 0 bridgehead atoms. The maximum Gasteiger partial charge on any atom is 0.234 e. The Hall–Kier alpha value is -2.40. The van der Waals surface area contributed by atoms with Crippen LogP contribution < -0.4 is 10.1 Å². The van der Waals surface area contributed by atoms with Crippen molar-refractivity contribution in [3.8, 4) is 5.75 Å². The SMILES string of the molecule is COc1ccc(CN(C)CC(=O)NCc2ccc(C)cc2)cc1F. The van der Waals surface area contributed by atoms with E-state index in [1.54, 1.807) is 12.1 Å². The van der Waals surface area contributed by atoms with Gasteiger partial charge in [-0.1, -0.05) is 35.9 Å². The van der Waals surface area contributed by atoms with E-state index in [1.807, 2.05) is 43.1 Å². The third kappa shape index (κ3) is 5.35. The summed E-state index contributed by atoms with van der Waals surface area (Å²) in [6, 6.07) is 12.9. The number of carbonyl (C=O) groups excluding carboxylic acids is 1. The summed E-state index contributed by atoms with van der Waals surface area (Å²) in [6.45, 7) is 3.27. The van der Waals surface area contributed by atoms with Gasteiger partial charge in [0, 0.05) is 13.1 Å². The number of rotatable bonds is 7. The van der Waals surface area contributed by atoms with Crippen molar-refractivity contribution in [1.29, 1.82) is 0 Å². The Labute approximate surface area is 142 Å². The normalized spacial score (nSPS) is 10.7. The number of amides is 1. The van der Waals surface area contributed by atoms with E-state index in [9.17, 15) is 9.18 Å². The third-order valence-electron chi connectivity index (χ3n) is 3.69. The highest BCUT2D eigenvalue weighted by molar-refractivity contribution is 5.77. The molecule has 0 aliphatic heterocycles. The number of carbonyl (C=O) groups is 1. The smallest absolute Gasteiger partial charge is 0.234 e. The first kappa shape index (κ1) is 17.9. The Balaban J connectivity index is 1.80. The molecule has 2 rings (SSSR count). The van der Waals surface area contributed by atoms with Gasteiger partial charge in [-0.25, -0.2) is 4.39 Å². The molecule has 0 aromatic heterocycles. The van der Waals surface area contributed by atoms with E-state index in [1.165, 1.54) is 18.7 Å². The Kier molecular flexibility index (Phi) is 6.32. The van der Waals surface area contributed by atoms with E-state index in [2.05, 4.69) is 5.32 Å². The molecule has 2 aromatic carbocycles. The number of hydrogen-bond acceptors (Lipinski definition) is 3. The number of benzene rings is 2. The number of aryl methyl sites for hydroxylation is 1. The minimum atomic E-state index is -0.396. The second-order valence-electron chi connectivity index (χ2n) is 5.90. The van der Waals surface area contributed by atoms with E-state index in [-0.39, 0.29) is 18.2 Å². The molecule has 0 fully saturated rings. The molecule has 0 aliphatic rings. The van der Waals surface area contributed by atoms with Crippen molar-refractivity contribution >= 4 is 5.91 Å². The van der Waals surface area contributed by atoms with Crippen LogP contribution in [-0.2, 0) is 17.9 Å². The summed E-state index contributed by atoms with van der Waals surface area (Å²) < 4.78 is 18.6. The summed E-state index contributed by atoms with van der Waals surface area (Å²) in [4.78, 5) is 13.8. The van der Waals surface area contributed by atoms with Gasteiger partial charge in [-0.3, -0.25) is 9.69 Å². The van der Waals surface area contributed by atoms with Gasteiger partial charge in [0.05, 0.1) is 13.7 Å². The second-order valence-corrected chi connectivity index (χ2v) is 5.90. The fourth-order valence-corrected chi connectivity index (χ4v) is 2.38. The highest BCUT2D eigenvalue weighted by atomic mass is 19.1. The minimum Gasteiger partial charge on any atom is -0.494 e. The lowest BCUT2D eigenvalue weighted by atomic mass is 10.1. The van der Waals surface area contributed by atoms with Gasteiger partial charge >= 0.3 is 0 Å². The number of halogens is 1. The summed E-state index contributed by atoms with van der Waals surface area (Å²) in [6.07, 6.45) is 0. The molecule has 0 spiro atoms. The molecule has 1 amide bonds. The standard InChI is InChI=1S/C19H23FN2O2/c1-14-4-6-15(7-5-14)11-21-19(23)13-22(2)12-16-8-9-18(24-3)17(20)10-16/h4-10H,11-13H2,1-3H3,(H,21,23). The maximum absolute atomic E-state index is 13.7. The lowest BCUT2D eigenvalue weighted by molar-refractivity contribution is -0.122. The zero-order chi connectivity index (χ0) is 17.5. The van der Waals surface area contributed by atoms with Gasteiger partial charge in [0.1, 0.15) is 0 Å². The largest absolute Gasteiger partial charge is 0.494 e. The van der Waals surface area contributed by atoms with Crippen molar-refractivity contribution in [2.75, 3.05) is 20.7 Å². The molecular formula is C19H23FN2O2. The number of nitrogens with zero attached hydrogens (tertiary/aromatic N) is 1. The molecule has 0 atom stereocenters. The van der Waals surface area contributed by atoms with Gasteiger partial charge < -0.3 is 10.1 Å². The quantitative estimate of drug-likeness (QED) is 0.849. The highest BCUT2D eigenvalue weighted by Crippen LogP contribution is 2.18. The number of likely N-dealkylation sites (N-methyl/N-ethyl adjacent to an activating group) is 1. The predicted molar refractivity (Wildman–Crippen MR) is 92.3 cm³/mol. The van der Waals surface area contributed by atoms with Crippen LogP contribution in [0.1, 0.15) is 16.7 Å². The van der Waals surface area contributed by atoms with Crippen LogP contribution in [0.25, 0.3) is 0 Å². The van der Waals surface area contributed by atoms with Crippen molar-refractivity contribution in [3.63, 3.8) is 0 Å². The van der Waals surface area contributed by atoms with E-state index < -0.39 is 5.82 Å². The molecular weight excluding hydrogens is 307 g/mol. The fourth-order valence-electron chi connectivity index (χ4n) is 2.38. The zero-order valence-electron chi connectivity index (χ0n) is 14.3. The third-order valence-corrected chi connectivity index (χ3v) is 3.69. The van der Waals surface area contributed by atoms with Gasteiger partial charge in [0.25, 0.3) is 0 Å². The van der Waals surface area contributed by atoms with Gasteiger partial charge in [-0.15, -0.1) is 0 Å². The fraction of sp³-hybridized carbons (Fsp3) is 0.316. The Morgan fingerprint density at radius 1 is 1.17 bits per heavy atom. The van der Waals surface area contributed by atoms with Crippen LogP contribution in [0, 0.1) is 12.7 Å². The Morgan fingerprint density at radius 3 is 2.46 bits per heavy atom. The number of nitrogens with one attached hydrogen (secondary N) is 1. The lowest BCUT2D eigenvalue weighted by Crippen LogP contribution is -2.34. The van der Waals surface area contributed by atoms with Crippen LogP contribution in [0.2, 0.25) is 0 Å². The molecule has 0 saturated carbocycles. The van der Waals surface area contributed by atoms with Crippen LogP contribution in [0.4, 0.5) is 4.39 Å². The van der Waals surface area contributed by atoms with Crippen molar-refractivity contribution in [2.24, 2.45) is 0 Å². The molecule has 0 saturated heterocycles. The molecule has 0 unspecified atom stereocenters. The predicted octanol–water partition coefficient (Wildman–Crippen LogP) is 2.89. The number of hydrogen-bond donors (Lipinski definition) is 1. The molecule has 0 radical (unpaired) electrons. The lowest BCUT2D eigenvalue weighted by Gasteiger charge is -2.17. The molecule has 1 N–H and O–H groups in total. The number of ether oxygens (including phenoxy) is 1. The summed E-state index contributed by atoms with van der Waals surface area (Å²) in [5, 5.41) is 2.89. The summed E-state index contributed by atoms with van der Waals surface area (Å²) in [5.74, 6) is -0.239. The molecule has 24 heavy (non-hydrogen) atoms. The zero-order valence-corrected chi connectivity index (χ0v) is 14.3. The first-order valence-electron chi connectivity index (χ1n) is 7.81. The van der Waals surface area contributed by atoms with Crippen molar-refractivity contribution in [3.05, 3.63) is 65.0 Å². The summed E-state index contributed by atoms with van der Waals surface area (Å²) in [5.41, 5.74) is 3.05. The van der Waals surface area contributed by atoms with E-state index in [0.717, 1.165) is 11.1 Å². The van der Waals surface area contributed by atoms with Crippen LogP contribution in [-0.4, -0.2) is 31.5 Å². The van der Waals surface area contributed by atoms with E-state index >= 15 is 0 Å². The average molecular weight is 330 g/mol. The van der Waals surface area contributed by atoms with E-state index in [0.29, 0.717) is 13.1 Å². The van der Waals surface area contributed by atoms with Crippen molar-refractivity contribution < 1.29 is 13.9 Å². The molecule has 0 aliphatic carbocycles. The molecule has 0 heterocycles. The summed E-state index contributed by atoms with van der Waals surface area (Å²) in [7, 11) is 3.26. The van der Waals surface area contributed by atoms with Crippen molar-refractivity contribution in [2.45, 2.75) is 20.0 Å². The van der Waals surface area contributed by atoms with Gasteiger partial charge in [0.2, 0.25) is 5.91 Å². The van der Waals surface area contributed by atoms with Gasteiger partial charge in [-0.2, -0.15) is 0 Å². The molecule has 2 aromatic rings. The van der Waals surface area contributed by atoms with Crippen LogP contribution >= 0.6 is 0 Å². The van der Waals surface area contributed by atoms with Crippen LogP contribution in [0.15, 0.2) is 42.5 Å². The average Bonchev–Trinajstić information content (AvgIpc) is 2.54. The minimum absolute atomic E-state index is 0.0629. The van der Waals surface area contributed by atoms with Gasteiger partial charge in [-0.05, 0) is 37.2 Å². The highest BCUT2D eigenvalue weighted by Gasteiger charge is 2.09. The Morgan fingerprint density at radius 2 is 1.83 bits per heavy atom. The van der Waals surface area contributed by atoms with Gasteiger partial charge in [0.15, 0.2) is 11.6 Å². The first-order valence-corrected chi connectivity index (χ1v) is 7.81.